The van der Waals surface area contributed by atoms with Crippen molar-refractivity contribution >= 4 is 39.1 Å². The van der Waals surface area contributed by atoms with Gasteiger partial charge in [-0.25, -0.2) is 8.42 Å². The average Bonchev–Trinajstić information content (AvgIpc) is 2.80. The minimum Gasteiger partial charge on any atom is -0.492 e. The molecule has 0 spiro atoms. The number of nitrogens with zero attached hydrogens (tertiary/aromatic N) is 2. The standard InChI is InChI=1S/C24H32ClN3O5S/c1-5-15-26-24(30)18(3)27(16-19-11-7-8-12-20(19)25)23(29)17-28(34(4,31)32)21-13-9-10-14-22(21)33-6-2/h7-14,18H,5-6,15-17H2,1-4H3,(H,26,30)/t18-/m1/s1. The Balaban J connectivity index is 2.43. The topological polar surface area (TPSA) is 96.0 Å². The Labute approximate surface area is 206 Å². The number of hydrogen-bond donors (Lipinski definition) is 1. The van der Waals surface area contributed by atoms with E-state index in [1.165, 1.54) is 4.90 Å². The first kappa shape index (κ1) is 27.5. The Kier molecular flexibility index (Phi) is 10.2. The second-order valence-electron chi connectivity index (χ2n) is 7.75. The number of nitrogens with one attached hydrogen (secondary N) is 1. The lowest BCUT2D eigenvalue weighted by Crippen LogP contribution is -2.51. The first-order valence-corrected chi connectivity index (χ1v) is 13.3. The Morgan fingerprint density at radius 3 is 2.35 bits per heavy atom. The van der Waals surface area contributed by atoms with Gasteiger partial charge in [-0.2, -0.15) is 0 Å². The number of anilines is 1. The van der Waals surface area contributed by atoms with Crippen LogP contribution in [0.3, 0.4) is 0 Å². The van der Waals surface area contributed by atoms with Crippen molar-refractivity contribution in [3.63, 3.8) is 0 Å². The molecule has 1 atom stereocenters. The smallest absolute Gasteiger partial charge is 0.244 e. The third-order valence-electron chi connectivity index (χ3n) is 5.13. The van der Waals surface area contributed by atoms with Crippen molar-refractivity contribution in [3.8, 4) is 5.75 Å². The molecular weight excluding hydrogens is 478 g/mol. The highest BCUT2D eigenvalue weighted by atomic mass is 35.5. The summed E-state index contributed by atoms with van der Waals surface area (Å²) in [5.41, 5.74) is 0.897. The maximum absolute atomic E-state index is 13.5. The van der Waals surface area contributed by atoms with Crippen molar-refractivity contribution < 1.29 is 22.7 Å². The van der Waals surface area contributed by atoms with Gasteiger partial charge in [-0.05, 0) is 44.0 Å². The number of carbonyl (C=O) groups excluding carboxylic acids is 2. The molecule has 0 unspecified atom stereocenters. The van der Waals surface area contributed by atoms with Crippen LogP contribution in [0.25, 0.3) is 0 Å². The number of hydrogen-bond acceptors (Lipinski definition) is 5. The number of ether oxygens (including phenoxy) is 1. The molecule has 0 bridgehead atoms. The molecule has 8 nitrogen and oxygen atoms in total. The Morgan fingerprint density at radius 1 is 1.09 bits per heavy atom. The van der Waals surface area contributed by atoms with E-state index in [1.54, 1.807) is 62.4 Å². The predicted octanol–water partition coefficient (Wildman–Crippen LogP) is 3.45. The summed E-state index contributed by atoms with van der Waals surface area (Å²) >= 11 is 6.31. The van der Waals surface area contributed by atoms with E-state index in [0.29, 0.717) is 29.5 Å². The van der Waals surface area contributed by atoms with Gasteiger partial charge < -0.3 is 15.0 Å². The van der Waals surface area contributed by atoms with Crippen LogP contribution in [0.5, 0.6) is 5.75 Å². The van der Waals surface area contributed by atoms with Crippen molar-refractivity contribution in [1.29, 1.82) is 0 Å². The fourth-order valence-corrected chi connectivity index (χ4v) is 4.37. The monoisotopic (exact) mass is 509 g/mol. The lowest BCUT2D eigenvalue weighted by Gasteiger charge is -2.32. The van der Waals surface area contributed by atoms with Crippen LogP contribution in [0.2, 0.25) is 5.02 Å². The molecule has 186 valence electrons. The first-order chi connectivity index (χ1) is 16.1. The van der Waals surface area contributed by atoms with Crippen LogP contribution in [0.1, 0.15) is 32.8 Å². The predicted molar refractivity (Wildman–Crippen MR) is 135 cm³/mol. The summed E-state index contributed by atoms with van der Waals surface area (Å²) in [6.07, 6.45) is 1.77. The minimum atomic E-state index is -3.85. The van der Waals surface area contributed by atoms with Gasteiger partial charge in [-0.3, -0.25) is 13.9 Å². The lowest BCUT2D eigenvalue weighted by atomic mass is 10.1. The Hall–Kier alpha value is -2.78. The van der Waals surface area contributed by atoms with E-state index in [2.05, 4.69) is 5.32 Å². The van der Waals surface area contributed by atoms with Crippen LogP contribution < -0.4 is 14.4 Å². The molecule has 0 radical (unpaired) electrons. The fourth-order valence-electron chi connectivity index (χ4n) is 3.32. The van der Waals surface area contributed by atoms with Crippen LogP contribution in [-0.4, -0.2) is 57.1 Å². The molecule has 0 aliphatic heterocycles. The van der Waals surface area contributed by atoms with Crippen LogP contribution in [0.4, 0.5) is 5.69 Å². The zero-order valence-electron chi connectivity index (χ0n) is 20.0. The summed E-state index contributed by atoms with van der Waals surface area (Å²) < 4.78 is 32.0. The highest BCUT2D eigenvalue weighted by Gasteiger charge is 2.31. The molecule has 0 aliphatic rings. The highest BCUT2D eigenvalue weighted by Crippen LogP contribution is 2.30. The van der Waals surface area contributed by atoms with E-state index in [0.717, 1.165) is 17.0 Å². The number of sulfonamides is 1. The van der Waals surface area contributed by atoms with Gasteiger partial charge in [0.25, 0.3) is 0 Å². The largest absolute Gasteiger partial charge is 0.492 e. The van der Waals surface area contributed by atoms with Crippen LogP contribution in [-0.2, 0) is 26.2 Å². The summed E-state index contributed by atoms with van der Waals surface area (Å²) in [5, 5.41) is 3.24. The molecule has 34 heavy (non-hydrogen) atoms. The zero-order chi connectivity index (χ0) is 25.3. The van der Waals surface area contributed by atoms with Crippen LogP contribution in [0, 0.1) is 0 Å². The molecule has 0 saturated heterocycles. The van der Waals surface area contributed by atoms with Gasteiger partial charge >= 0.3 is 0 Å². The third-order valence-corrected chi connectivity index (χ3v) is 6.62. The van der Waals surface area contributed by atoms with E-state index in [4.69, 9.17) is 16.3 Å². The molecule has 10 heteroatoms. The zero-order valence-corrected chi connectivity index (χ0v) is 21.5. The van der Waals surface area contributed by atoms with Crippen LogP contribution in [0.15, 0.2) is 48.5 Å². The SMILES string of the molecule is CCCNC(=O)[C@@H](C)N(Cc1ccccc1Cl)C(=O)CN(c1ccccc1OCC)S(C)(=O)=O. The van der Waals surface area contributed by atoms with Gasteiger partial charge in [0.1, 0.15) is 18.3 Å². The summed E-state index contributed by atoms with van der Waals surface area (Å²) in [6, 6.07) is 12.8. The van der Waals surface area contributed by atoms with Gasteiger partial charge in [0.15, 0.2) is 0 Å². The summed E-state index contributed by atoms with van der Waals surface area (Å²) in [6.45, 7) is 5.66. The number of rotatable bonds is 12. The average molecular weight is 510 g/mol. The van der Waals surface area contributed by atoms with Crippen molar-refractivity contribution in [2.24, 2.45) is 0 Å². The number of carbonyl (C=O) groups is 2. The van der Waals surface area contributed by atoms with Crippen molar-refractivity contribution in [2.45, 2.75) is 39.8 Å². The van der Waals surface area contributed by atoms with Gasteiger partial charge in [0, 0.05) is 18.1 Å². The molecular formula is C24H32ClN3O5S. The molecule has 0 fully saturated rings. The second kappa shape index (κ2) is 12.6. The van der Waals surface area contributed by atoms with Gasteiger partial charge in [-0.1, -0.05) is 48.9 Å². The second-order valence-corrected chi connectivity index (χ2v) is 10.1. The molecule has 2 aromatic carbocycles. The van der Waals surface area contributed by atoms with E-state index in [-0.39, 0.29) is 18.1 Å². The number of halogens is 1. The van der Waals surface area contributed by atoms with E-state index in [9.17, 15) is 18.0 Å². The molecule has 2 rings (SSSR count). The van der Waals surface area contributed by atoms with Gasteiger partial charge in [-0.15, -0.1) is 0 Å². The Morgan fingerprint density at radius 2 is 1.74 bits per heavy atom. The van der Waals surface area contributed by atoms with Crippen molar-refractivity contribution in [3.05, 3.63) is 59.1 Å². The van der Waals surface area contributed by atoms with Gasteiger partial charge in [0.2, 0.25) is 21.8 Å². The highest BCUT2D eigenvalue weighted by molar-refractivity contribution is 7.92. The molecule has 2 amide bonds. The van der Waals surface area contributed by atoms with Crippen molar-refractivity contribution in [1.82, 2.24) is 10.2 Å². The van der Waals surface area contributed by atoms with E-state index >= 15 is 0 Å². The quantitative estimate of drug-likeness (QED) is 0.472. The van der Waals surface area contributed by atoms with E-state index < -0.39 is 28.5 Å². The van der Waals surface area contributed by atoms with Crippen LogP contribution >= 0.6 is 11.6 Å². The van der Waals surface area contributed by atoms with Crippen molar-refractivity contribution in [2.75, 3.05) is 30.3 Å². The molecule has 0 saturated carbocycles. The lowest BCUT2D eigenvalue weighted by molar-refractivity contribution is -0.139. The number of para-hydroxylation sites is 2. The summed E-state index contributed by atoms with van der Waals surface area (Å²) in [7, 11) is -3.85. The first-order valence-electron chi connectivity index (χ1n) is 11.1. The normalized spacial score (nSPS) is 12.0. The molecule has 0 aromatic heterocycles. The van der Waals surface area contributed by atoms with Gasteiger partial charge in [0.05, 0.1) is 18.6 Å². The number of benzene rings is 2. The minimum absolute atomic E-state index is 0.0456. The molecule has 2 aromatic rings. The van der Waals surface area contributed by atoms with E-state index in [1.807, 2.05) is 6.92 Å². The third kappa shape index (κ3) is 7.36. The molecule has 1 N–H and O–H groups in total. The molecule has 0 heterocycles. The number of amides is 2. The maximum Gasteiger partial charge on any atom is 0.244 e. The summed E-state index contributed by atoms with van der Waals surface area (Å²) in [4.78, 5) is 27.6. The maximum atomic E-state index is 13.5. The Bertz CT molecular complexity index is 1090. The fraction of sp³-hybridized carbons (Fsp3) is 0.417. The summed E-state index contributed by atoms with van der Waals surface area (Å²) in [5.74, 6) is -0.534. The molecule has 0 aliphatic carbocycles.